The molecule has 0 aromatic carbocycles. The number of hydrogen-bond donors (Lipinski definition) is 1. The summed E-state index contributed by atoms with van der Waals surface area (Å²) in [6, 6.07) is 1.81. The SMILES string of the molecule is Cc1cncc(-c2cc3c(cn2)cnn3-c2cnc(Cl)c(N3CCC[C@H](NC(=O)OC(C)(C)C)C3)n2)n1. The number of nitrogens with zero attached hydrogens (tertiary/aromatic N) is 8. The van der Waals surface area contributed by atoms with Crippen LogP contribution in [0.2, 0.25) is 5.15 Å². The first-order valence-electron chi connectivity index (χ1n) is 12.1. The Bertz CT molecular complexity index is 1450. The van der Waals surface area contributed by atoms with Crippen molar-refractivity contribution >= 4 is 34.4 Å². The van der Waals surface area contributed by atoms with Crippen LogP contribution in [0.15, 0.2) is 37.1 Å². The number of hydrogen-bond acceptors (Lipinski definition) is 9. The molecule has 1 saturated heterocycles. The molecule has 192 valence electrons. The first-order valence-corrected chi connectivity index (χ1v) is 12.4. The fraction of sp³-hybridized carbons (Fsp3) is 0.400. The molecular formula is C25H28ClN9O2. The number of ether oxygens (including phenoxy) is 1. The van der Waals surface area contributed by atoms with Crippen LogP contribution < -0.4 is 10.2 Å². The van der Waals surface area contributed by atoms with Crippen LogP contribution in [-0.4, -0.2) is 65.5 Å². The van der Waals surface area contributed by atoms with Crippen LogP contribution >= 0.6 is 11.6 Å². The molecule has 0 bridgehead atoms. The van der Waals surface area contributed by atoms with E-state index in [0.29, 0.717) is 29.6 Å². The predicted molar refractivity (Wildman–Crippen MR) is 140 cm³/mol. The number of piperidine rings is 1. The maximum atomic E-state index is 12.3. The molecule has 0 spiro atoms. The standard InChI is InChI=1S/C25H28ClN9O2/c1-15-9-27-12-19(31-15)18-8-20-16(10-28-18)11-30-35(20)21-13-29-22(26)23(33-21)34-7-5-6-17(14-34)32-24(36)37-25(2,3)4/h8-13,17H,5-7,14H2,1-4H3,(H,32,36)/t17-/m0/s1. The van der Waals surface area contributed by atoms with Crippen molar-refractivity contribution in [2.75, 3.05) is 18.0 Å². The lowest BCUT2D eigenvalue weighted by Gasteiger charge is -2.34. The number of aryl methyl sites for hydroxylation is 1. The van der Waals surface area contributed by atoms with Gasteiger partial charge in [-0.05, 0) is 46.6 Å². The van der Waals surface area contributed by atoms with Crippen LogP contribution in [0.5, 0.6) is 0 Å². The number of fused-ring (bicyclic) bond motifs is 1. The third-order valence-corrected chi connectivity index (χ3v) is 6.09. The van der Waals surface area contributed by atoms with E-state index in [1.165, 1.54) is 0 Å². The molecule has 0 unspecified atom stereocenters. The Morgan fingerprint density at radius 3 is 2.73 bits per heavy atom. The minimum Gasteiger partial charge on any atom is -0.444 e. The zero-order valence-electron chi connectivity index (χ0n) is 21.1. The largest absolute Gasteiger partial charge is 0.444 e. The molecule has 4 aromatic heterocycles. The van der Waals surface area contributed by atoms with Crippen molar-refractivity contribution in [3.05, 3.63) is 47.9 Å². The zero-order chi connectivity index (χ0) is 26.2. The highest BCUT2D eigenvalue weighted by atomic mass is 35.5. The first kappa shape index (κ1) is 24.8. The van der Waals surface area contributed by atoms with Crippen LogP contribution in [-0.2, 0) is 4.74 Å². The zero-order valence-corrected chi connectivity index (χ0v) is 21.9. The highest BCUT2D eigenvalue weighted by Gasteiger charge is 2.27. The van der Waals surface area contributed by atoms with E-state index in [2.05, 4.69) is 30.4 Å². The third-order valence-electron chi connectivity index (χ3n) is 5.83. The van der Waals surface area contributed by atoms with Gasteiger partial charge in [-0.2, -0.15) is 5.10 Å². The van der Waals surface area contributed by atoms with Crippen molar-refractivity contribution in [1.29, 1.82) is 0 Å². The number of rotatable bonds is 4. The molecule has 1 fully saturated rings. The van der Waals surface area contributed by atoms with Gasteiger partial charge in [-0.3, -0.25) is 9.97 Å². The number of halogens is 1. The normalized spacial score (nSPS) is 16.1. The molecule has 37 heavy (non-hydrogen) atoms. The average Bonchev–Trinajstić information content (AvgIpc) is 3.26. The van der Waals surface area contributed by atoms with Gasteiger partial charge in [-0.1, -0.05) is 11.6 Å². The Labute approximate surface area is 219 Å². The molecule has 1 aliphatic rings. The molecule has 4 aromatic rings. The molecule has 1 atom stereocenters. The average molecular weight is 522 g/mol. The summed E-state index contributed by atoms with van der Waals surface area (Å²) in [4.78, 5) is 36.8. The summed E-state index contributed by atoms with van der Waals surface area (Å²) in [6.07, 6.45) is 9.71. The van der Waals surface area contributed by atoms with Gasteiger partial charge in [-0.25, -0.2) is 24.4 Å². The van der Waals surface area contributed by atoms with E-state index >= 15 is 0 Å². The molecular weight excluding hydrogens is 494 g/mol. The second-order valence-electron chi connectivity index (χ2n) is 10.0. The van der Waals surface area contributed by atoms with Gasteiger partial charge in [0.1, 0.15) is 11.3 Å². The van der Waals surface area contributed by atoms with Gasteiger partial charge < -0.3 is 15.0 Å². The van der Waals surface area contributed by atoms with Gasteiger partial charge in [0.05, 0.1) is 35.5 Å². The second kappa shape index (κ2) is 9.89. The fourth-order valence-corrected chi connectivity index (χ4v) is 4.46. The van der Waals surface area contributed by atoms with E-state index in [1.54, 1.807) is 35.7 Å². The molecule has 1 N–H and O–H groups in total. The first-order chi connectivity index (χ1) is 17.7. The van der Waals surface area contributed by atoms with Gasteiger partial charge in [-0.15, -0.1) is 0 Å². The number of aromatic nitrogens is 7. The smallest absolute Gasteiger partial charge is 0.407 e. The van der Waals surface area contributed by atoms with Crippen molar-refractivity contribution in [3.8, 4) is 17.2 Å². The molecule has 12 heteroatoms. The van der Waals surface area contributed by atoms with E-state index in [9.17, 15) is 4.79 Å². The molecule has 5 heterocycles. The van der Waals surface area contributed by atoms with Crippen molar-refractivity contribution in [3.63, 3.8) is 0 Å². The molecule has 1 amide bonds. The number of nitrogens with one attached hydrogen (secondary N) is 1. The number of anilines is 1. The minimum absolute atomic E-state index is 0.0975. The summed E-state index contributed by atoms with van der Waals surface area (Å²) in [5.74, 6) is 1.06. The van der Waals surface area contributed by atoms with Crippen LogP contribution in [0.1, 0.15) is 39.3 Å². The Kier molecular flexibility index (Phi) is 6.63. The summed E-state index contributed by atoms with van der Waals surface area (Å²) in [6.45, 7) is 8.69. The lowest BCUT2D eigenvalue weighted by atomic mass is 10.1. The fourth-order valence-electron chi connectivity index (χ4n) is 4.25. The Morgan fingerprint density at radius 1 is 1.11 bits per heavy atom. The van der Waals surface area contributed by atoms with Crippen LogP contribution in [0, 0.1) is 6.92 Å². The number of pyridine rings is 1. The number of alkyl carbamates (subject to hydrolysis) is 1. The number of carbonyl (C=O) groups excluding carboxylic acids is 1. The Balaban J connectivity index is 1.42. The maximum Gasteiger partial charge on any atom is 0.407 e. The summed E-state index contributed by atoms with van der Waals surface area (Å²) in [5, 5.41) is 8.62. The van der Waals surface area contributed by atoms with Crippen LogP contribution in [0.25, 0.3) is 28.1 Å². The van der Waals surface area contributed by atoms with Gasteiger partial charge in [0.15, 0.2) is 16.8 Å². The van der Waals surface area contributed by atoms with E-state index in [0.717, 1.165) is 36.0 Å². The van der Waals surface area contributed by atoms with Gasteiger partial charge >= 0.3 is 6.09 Å². The number of carbonyl (C=O) groups is 1. The Morgan fingerprint density at radius 2 is 1.95 bits per heavy atom. The highest BCUT2D eigenvalue weighted by molar-refractivity contribution is 6.31. The number of amides is 1. The highest BCUT2D eigenvalue weighted by Crippen LogP contribution is 2.28. The molecule has 5 rings (SSSR count). The lowest BCUT2D eigenvalue weighted by molar-refractivity contribution is 0.0500. The van der Waals surface area contributed by atoms with Crippen molar-refractivity contribution in [2.45, 2.75) is 52.2 Å². The second-order valence-corrected chi connectivity index (χ2v) is 10.4. The van der Waals surface area contributed by atoms with Crippen molar-refractivity contribution < 1.29 is 9.53 Å². The Hall–Kier alpha value is -3.86. The van der Waals surface area contributed by atoms with E-state index < -0.39 is 11.7 Å². The van der Waals surface area contributed by atoms with Gasteiger partial charge in [0, 0.05) is 36.9 Å². The minimum atomic E-state index is -0.560. The summed E-state index contributed by atoms with van der Waals surface area (Å²) >= 11 is 6.49. The lowest BCUT2D eigenvalue weighted by Crippen LogP contribution is -2.49. The molecule has 0 radical (unpaired) electrons. The van der Waals surface area contributed by atoms with Gasteiger partial charge in [0.2, 0.25) is 0 Å². The predicted octanol–water partition coefficient (Wildman–Crippen LogP) is 4.12. The summed E-state index contributed by atoms with van der Waals surface area (Å²) in [5.41, 5.74) is 2.41. The van der Waals surface area contributed by atoms with E-state index in [-0.39, 0.29) is 11.2 Å². The van der Waals surface area contributed by atoms with Crippen LogP contribution in [0.3, 0.4) is 0 Å². The van der Waals surface area contributed by atoms with Crippen LogP contribution in [0.4, 0.5) is 10.6 Å². The van der Waals surface area contributed by atoms with E-state index in [1.807, 2.05) is 38.7 Å². The molecule has 0 saturated carbocycles. The molecule has 11 nitrogen and oxygen atoms in total. The molecule has 0 aliphatic carbocycles. The topological polar surface area (TPSA) is 124 Å². The summed E-state index contributed by atoms with van der Waals surface area (Å²) < 4.78 is 7.12. The quantitative estimate of drug-likeness (QED) is 0.422. The molecule has 1 aliphatic heterocycles. The summed E-state index contributed by atoms with van der Waals surface area (Å²) in [7, 11) is 0. The third kappa shape index (κ3) is 5.61. The monoisotopic (exact) mass is 521 g/mol. The van der Waals surface area contributed by atoms with Crippen molar-refractivity contribution in [2.24, 2.45) is 0 Å². The van der Waals surface area contributed by atoms with Gasteiger partial charge in [0.25, 0.3) is 0 Å². The van der Waals surface area contributed by atoms with Crippen molar-refractivity contribution in [1.82, 2.24) is 40.0 Å². The maximum absolute atomic E-state index is 12.3. The van der Waals surface area contributed by atoms with E-state index in [4.69, 9.17) is 21.3 Å².